The van der Waals surface area contributed by atoms with Crippen molar-refractivity contribution in [1.82, 2.24) is 0 Å². The minimum Gasteiger partial charge on any atom is -0.295 e. The fraction of sp³-hybridized carbons (Fsp3) is 0.364. The van der Waals surface area contributed by atoms with Crippen LogP contribution in [0.25, 0.3) is 0 Å². The van der Waals surface area contributed by atoms with E-state index in [9.17, 15) is 4.79 Å². The van der Waals surface area contributed by atoms with Crippen molar-refractivity contribution in [3.63, 3.8) is 0 Å². The molecule has 1 nitrogen and oxygen atoms in total. The highest BCUT2D eigenvalue weighted by molar-refractivity contribution is 6.30. The minimum atomic E-state index is 0.0664. The van der Waals surface area contributed by atoms with Gasteiger partial charge in [0.1, 0.15) is 0 Å². The van der Waals surface area contributed by atoms with Crippen LogP contribution in [0.3, 0.4) is 0 Å². The van der Waals surface area contributed by atoms with E-state index in [-0.39, 0.29) is 5.78 Å². The van der Waals surface area contributed by atoms with Crippen LogP contribution in [0, 0.1) is 0 Å². The van der Waals surface area contributed by atoms with Gasteiger partial charge in [0.25, 0.3) is 0 Å². The summed E-state index contributed by atoms with van der Waals surface area (Å²) in [5.74, 6) is 0.0664. The van der Waals surface area contributed by atoms with E-state index < -0.39 is 0 Å². The lowest BCUT2D eigenvalue weighted by molar-refractivity contribution is 0.101. The molecule has 1 aromatic rings. The lowest BCUT2D eigenvalue weighted by atomic mass is 10.2. The predicted octanol–water partition coefficient (Wildman–Crippen LogP) is 3.96. The summed E-state index contributed by atoms with van der Waals surface area (Å²) < 4.78 is 0. The molecular formula is C11H15ClO. The Balaban J connectivity index is 0.000000424. The highest BCUT2D eigenvalue weighted by Gasteiger charge is 1.95. The van der Waals surface area contributed by atoms with Crippen molar-refractivity contribution >= 4 is 17.4 Å². The Bertz CT molecular complexity index is 251. The van der Waals surface area contributed by atoms with E-state index in [0.717, 1.165) is 0 Å². The van der Waals surface area contributed by atoms with Crippen LogP contribution in [0.1, 0.15) is 37.6 Å². The smallest absolute Gasteiger partial charge is 0.159 e. The van der Waals surface area contributed by atoms with Crippen LogP contribution in [-0.2, 0) is 0 Å². The summed E-state index contributed by atoms with van der Waals surface area (Å²) in [5.41, 5.74) is 0.699. The first-order valence-electron chi connectivity index (χ1n) is 4.38. The monoisotopic (exact) mass is 198 g/mol. The number of ketones is 1. The van der Waals surface area contributed by atoms with Crippen molar-refractivity contribution in [2.45, 2.75) is 27.2 Å². The Hall–Kier alpha value is -0.820. The van der Waals surface area contributed by atoms with Gasteiger partial charge in [-0.1, -0.05) is 31.9 Å². The molecule has 13 heavy (non-hydrogen) atoms. The molecule has 72 valence electrons. The molecule has 0 bridgehead atoms. The zero-order valence-electron chi connectivity index (χ0n) is 8.30. The second kappa shape index (κ2) is 6.67. The van der Waals surface area contributed by atoms with Crippen LogP contribution in [0.5, 0.6) is 0 Å². The molecule has 0 aromatic heterocycles. The first-order valence-corrected chi connectivity index (χ1v) is 4.76. The Morgan fingerprint density at radius 1 is 1.23 bits per heavy atom. The van der Waals surface area contributed by atoms with Gasteiger partial charge < -0.3 is 0 Å². The van der Waals surface area contributed by atoms with Crippen molar-refractivity contribution in [1.29, 1.82) is 0 Å². The first-order chi connectivity index (χ1) is 6.11. The average molecular weight is 199 g/mol. The van der Waals surface area contributed by atoms with Gasteiger partial charge in [-0.05, 0) is 31.2 Å². The van der Waals surface area contributed by atoms with Crippen molar-refractivity contribution in [3.8, 4) is 0 Å². The van der Waals surface area contributed by atoms with Crippen molar-refractivity contribution in [2.24, 2.45) is 0 Å². The molecule has 0 heterocycles. The topological polar surface area (TPSA) is 17.1 Å². The molecule has 0 N–H and O–H groups in total. The van der Waals surface area contributed by atoms with Gasteiger partial charge in [0.05, 0.1) is 0 Å². The molecule has 2 heteroatoms. The van der Waals surface area contributed by atoms with Crippen molar-refractivity contribution < 1.29 is 4.79 Å². The van der Waals surface area contributed by atoms with Gasteiger partial charge in [-0.3, -0.25) is 4.79 Å². The number of Topliss-reactive ketones (excluding diaryl/α,β-unsaturated/α-hetero) is 1. The molecule has 0 unspecified atom stereocenters. The van der Waals surface area contributed by atoms with Gasteiger partial charge >= 0.3 is 0 Å². The van der Waals surface area contributed by atoms with Crippen molar-refractivity contribution in [3.05, 3.63) is 34.9 Å². The standard InChI is InChI=1S/C8H7ClO.C3H8/c1-6(10)7-2-4-8(9)5-3-7;1-3-2/h2-5H,1H3;3H2,1-2H3. The van der Waals surface area contributed by atoms with Crippen LogP contribution in [0.4, 0.5) is 0 Å². The number of rotatable bonds is 1. The summed E-state index contributed by atoms with van der Waals surface area (Å²) in [6.07, 6.45) is 1.25. The molecule has 1 rings (SSSR count). The minimum absolute atomic E-state index is 0.0664. The molecule has 0 aliphatic heterocycles. The quantitative estimate of drug-likeness (QED) is 0.625. The van der Waals surface area contributed by atoms with E-state index in [1.54, 1.807) is 24.3 Å². The van der Waals surface area contributed by atoms with E-state index in [1.165, 1.54) is 13.3 Å². The molecule has 0 aliphatic rings. The number of benzene rings is 1. The van der Waals surface area contributed by atoms with Gasteiger partial charge in [0.2, 0.25) is 0 Å². The average Bonchev–Trinajstić information content (AvgIpc) is 2.06. The SMILES string of the molecule is CC(=O)c1ccc(Cl)cc1.CCC. The lowest BCUT2D eigenvalue weighted by Gasteiger charge is -1.92. The van der Waals surface area contributed by atoms with Crippen molar-refractivity contribution in [2.75, 3.05) is 0 Å². The Kier molecular flexibility index (Phi) is 6.25. The summed E-state index contributed by atoms with van der Waals surface area (Å²) in [6, 6.07) is 6.84. The molecule has 0 amide bonds. The lowest BCUT2D eigenvalue weighted by Crippen LogP contribution is -1.89. The summed E-state index contributed by atoms with van der Waals surface area (Å²) in [6.45, 7) is 5.78. The zero-order valence-corrected chi connectivity index (χ0v) is 9.06. The molecule has 0 saturated carbocycles. The van der Waals surface area contributed by atoms with Crippen LogP contribution >= 0.6 is 11.6 Å². The number of halogens is 1. The number of hydrogen-bond donors (Lipinski definition) is 0. The largest absolute Gasteiger partial charge is 0.295 e. The second-order valence-corrected chi connectivity index (χ2v) is 3.21. The van der Waals surface area contributed by atoms with Crippen LogP contribution in [0.2, 0.25) is 5.02 Å². The molecule has 0 aliphatic carbocycles. The third-order valence-corrected chi connectivity index (χ3v) is 1.50. The van der Waals surface area contributed by atoms with E-state index in [4.69, 9.17) is 11.6 Å². The van der Waals surface area contributed by atoms with Gasteiger partial charge in [0, 0.05) is 10.6 Å². The summed E-state index contributed by atoms with van der Waals surface area (Å²) in [4.78, 5) is 10.7. The molecule has 1 aromatic carbocycles. The summed E-state index contributed by atoms with van der Waals surface area (Å²) >= 11 is 5.61. The second-order valence-electron chi connectivity index (χ2n) is 2.77. The normalized spacial score (nSPS) is 8.62. The van der Waals surface area contributed by atoms with Crippen LogP contribution in [-0.4, -0.2) is 5.78 Å². The molecule has 0 fully saturated rings. The number of carbonyl (C=O) groups is 1. The highest BCUT2D eigenvalue weighted by Crippen LogP contribution is 2.09. The molecule has 0 atom stereocenters. The van der Waals surface area contributed by atoms with Gasteiger partial charge in [-0.2, -0.15) is 0 Å². The maximum Gasteiger partial charge on any atom is 0.159 e. The Morgan fingerprint density at radius 2 is 1.62 bits per heavy atom. The van der Waals surface area contributed by atoms with Crippen LogP contribution < -0.4 is 0 Å². The summed E-state index contributed by atoms with van der Waals surface area (Å²) in [5, 5.41) is 0.657. The molecule has 0 saturated heterocycles. The third kappa shape index (κ3) is 5.42. The molecule has 0 spiro atoms. The predicted molar refractivity (Wildman–Crippen MR) is 57.4 cm³/mol. The molecule has 0 radical (unpaired) electrons. The van der Waals surface area contributed by atoms with Gasteiger partial charge in [-0.25, -0.2) is 0 Å². The first kappa shape index (κ1) is 12.2. The number of carbonyl (C=O) groups excluding carboxylic acids is 1. The molecular weight excluding hydrogens is 184 g/mol. The van der Waals surface area contributed by atoms with Crippen LogP contribution in [0.15, 0.2) is 24.3 Å². The summed E-state index contributed by atoms with van der Waals surface area (Å²) in [7, 11) is 0. The third-order valence-electron chi connectivity index (χ3n) is 1.25. The fourth-order valence-corrected chi connectivity index (χ4v) is 0.811. The maximum atomic E-state index is 10.7. The van der Waals surface area contributed by atoms with E-state index in [2.05, 4.69) is 13.8 Å². The fourth-order valence-electron chi connectivity index (χ4n) is 0.685. The zero-order chi connectivity index (χ0) is 10.3. The Labute approximate surface area is 84.7 Å². The highest BCUT2D eigenvalue weighted by atomic mass is 35.5. The van der Waals surface area contributed by atoms with E-state index in [1.807, 2.05) is 0 Å². The van der Waals surface area contributed by atoms with Gasteiger partial charge in [0.15, 0.2) is 5.78 Å². The Morgan fingerprint density at radius 3 is 1.92 bits per heavy atom. The maximum absolute atomic E-state index is 10.7. The number of hydrogen-bond acceptors (Lipinski definition) is 1. The van der Waals surface area contributed by atoms with E-state index in [0.29, 0.717) is 10.6 Å². The van der Waals surface area contributed by atoms with Gasteiger partial charge in [-0.15, -0.1) is 0 Å². The van der Waals surface area contributed by atoms with E-state index >= 15 is 0 Å².